The van der Waals surface area contributed by atoms with E-state index in [1.807, 2.05) is 6.92 Å². The van der Waals surface area contributed by atoms with Crippen molar-refractivity contribution in [3.05, 3.63) is 62.1 Å². The van der Waals surface area contributed by atoms with Crippen molar-refractivity contribution in [2.75, 3.05) is 23.7 Å². The Hall–Kier alpha value is -1.71. The van der Waals surface area contributed by atoms with Crippen LogP contribution in [0.4, 0.5) is 5.69 Å². The van der Waals surface area contributed by atoms with E-state index in [9.17, 15) is 18.0 Å². The Kier molecular flexibility index (Phi) is 11.0. The van der Waals surface area contributed by atoms with E-state index in [2.05, 4.69) is 5.32 Å². The molecule has 35 heavy (non-hydrogen) atoms. The second-order valence-electron chi connectivity index (χ2n) is 7.92. The van der Waals surface area contributed by atoms with Crippen LogP contribution in [0.15, 0.2) is 36.4 Å². The third-order valence-electron chi connectivity index (χ3n) is 5.23. The summed E-state index contributed by atoms with van der Waals surface area (Å²) in [6, 6.07) is 8.58. The maximum Gasteiger partial charge on any atom is 0.244 e. The number of carbonyl (C=O) groups is 2. The monoisotopic (exact) mass is 581 g/mol. The smallest absolute Gasteiger partial charge is 0.244 e. The zero-order valence-electron chi connectivity index (χ0n) is 19.5. The molecule has 1 atom stereocenters. The molecule has 7 nitrogen and oxygen atoms in total. The number of sulfonamides is 1. The molecule has 0 saturated heterocycles. The first-order valence-electron chi connectivity index (χ1n) is 10.8. The predicted molar refractivity (Wildman–Crippen MR) is 143 cm³/mol. The van der Waals surface area contributed by atoms with Gasteiger partial charge in [-0.25, -0.2) is 8.42 Å². The Morgan fingerprint density at radius 1 is 1.00 bits per heavy atom. The number of unbranched alkanes of at least 4 members (excludes halogenated alkanes) is 1. The van der Waals surface area contributed by atoms with Gasteiger partial charge in [0.25, 0.3) is 0 Å². The van der Waals surface area contributed by atoms with Gasteiger partial charge < -0.3 is 10.2 Å². The number of hydrogen-bond acceptors (Lipinski definition) is 4. The zero-order chi connectivity index (χ0) is 26.3. The summed E-state index contributed by atoms with van der Waals surface area (Å²) >= 11 is 24.6. The predicted octanol–water partition coefficient (Wildman–Crippen LogP) is 5.40. The number of rotatable bonds is 11. The van der Waals surface area contributed by atoms with Crippen LogP contribution in [-0.2, 0) is 26.2 Å². The fraction of sp³-hybridized carbons (Fsp3) is 0.391. The number of carbonyl (C=O) groups excluding carboxylic acids is 2. The standard InChI is InChI=1S/C23H27Cl4N3O4S/c1-4-5-10-28-23(32)15(2)29(13-16-8-6-7-9-17(16)24)22(31)14-30(35(3,33)34)21-12-19(26)18(25)11-20(21)27/h6-9,11-12,15H,4-5,10,13-14H2,1-3H3,(H,28,32)/t15-/m0/s1. The Morgan fingerprint density at radius 3 is 2.23 bits per heavy atom. The SMILES string of the molecule is CCCCNC(=O)[C@H](C)N(Cc1ccccc1Cl)C(=O)CN(c1cc(Cl)c(Cl)cc1Cl)S(C)(=O)=O. The third-order valence-corrected chi connectivity index (χ3v) is 7.75. The minimum atomic E-state index is -3.97. The van der Waals surface area contributed by atoms with Crippen LogP contribution < -0.4 is 9.62 Å². The van der Waals surface area contributed by atoms with Gasteiger partial charge in [-0.2, -0.15) is 0 Å². The van der Waals surface area contributed by atoms with E-state index < -0.39 is 28.5 Å². The first kappa shape index (κ1) is 29.5. The minimum Gasteiger partial charge on any atom is -0.354 e. The zero-order valence-corrected chi connectivity index (χ0v) is 23.4. The first-order valence-corrected chi connectivity index (χ1v) is 14.2. The molecule has 0 aliphatic carbocycles. The van der Waals surface area contributed by atoms with Crippen molar-refractivity contribution in [3.63, 3.8) is 0 Å². The van der Waals surface area contributed by atoms with Crippen LogP contribution in [0.5, 0.6) is 0 Å². The summed E-state index contributed by atoms with van der Waals surface area (Å²) in [4.78, 5) is 27.6. The van der Waals surface area contributed by atoms with Crippen LogP contribution in [0, 0.1) is 0 Å². The normalized spacial score (nSPS) is 12.2. The number of amides is 2. The number of anilines is 1. The molecule has 0 fully saturated rings. The summed E-state index contributed by atoms with van der Waals surface area (Å²) in [6.07, 6.45) is 2.62. The van der Waals surface area contributed by atoms with E-state index in [0.29, 0.717) is 17.1 Å². The molecule has 0 aliphatic rings. The lowest BCUT2D eigenvalue weighted by Gasteiger charge is -2.32. The molecular formula is C23H27Cl4N3O4S. The van der Waals surface area contributed by atoms with Gasteiger partial charge >= 0.3 is 0 Å². The highest BCUT2D eigenvalue weighted by molar-refractivity contribution is 7.92. The summed E-state index contributed by atoms with van der Waals surface area (Å²) in [6.45, 7) is 3.41. The molecule has 0 heterocycles. The topological polar surface area (TPSA) is 86.8 Å². The van der Waals surface area contributed by atoms with Crippen LogP contribution in [0.25, 0.3) is 0 Å². The average molecular weight is 583 g/mol. The minimum absolute atomic E-state index is 0.000589. The summed E-state index contributed by atoms with van der Waals surface area (Å²) in [5, 5.41) is 3.43. The van der Waals surface area contributed by atoms with Gasteiger partial charge in [0.15, 0.2) is 0 Å². The van der Waals surface area contributed by atoms with Gasteiger partial charge in [-0.15, -0.1) is 0 Å². The number of hydrogen-bond donors (Lipinski definition) is 1. The van der Waals surface area contributed by atoms with Crippen molar-refractivity contribution in [2.45, 2.75) is 39.3 Å². The second-order valence-corrected chi connectivity index (χ2v) is 11.5. The molecular weight excluding hydrogens is 556 g/mol. The fourth-order valence-corrected chi connectivity index (χ4v) is 4.97. The molecule has 0 radical (unpaired) electrons. The molecule has 2 aromatic carbocycles. The largest absolute Gasteiger partial charge is 0.354 e. The summed E-state index contributed by atoms with van der Waals surface area (Å²) in [5.74, 6) is -0.993. The lowest BCUT2D eigenvalue weighted by molar-refractivity contribution is -0.139. The molecule has 0 aliphatic heterocycles. The number of nitrogens with one attached hydrogen (secondary N) is 1. The van der Waals surface area contributed by atoms with Crippen LogP contribution in [0.2, 0.25) is 20.1 Å². The fourth-order valence-electron chi connectivity index (χ4n) is 3.23. The molecule has 2 amide bonds. The molecule has 0 saturated carbocycles. The van der Waals surface area contributed by atoms with Crippen LogP contribution in [-0.4, -0.2) is 50.5 Å². The van der Waals surface area contributed by atoms with Gasteiger partial charge in [-0.3, -0.25) is 13.9 Å². The van der Waals surface area contributed by atoms with E-state index >= 15 is 0 Å². The Morgan fingerprint density at radius 2 is 1.63 bits per heavy atom. The molecule has 0 spiro atoms. The first-order chi connectivity index (χ1) is 16.4. The highest BCUT2D eigenvalue weighted by Crippen LogP contribution is 2.35. The van der Waals surface area contributed by atoms with E-state index in [4.69, 9.17) is 46.4 Å². The van der Waals surface area contributed by atoms with Crippen LogP contribution in [0.3, 0.4) is 0 Å². The van der Waals surface area contributed by atoms with Gasteiger partial charge in [0.05, 0.1) is 27.0 Å². The maximum atomic E-state index is 13.5. The molecule has 0 unspecified atom stereocenters. The van der Waals surface area contributed by atoms with Crippen LogP contribution in [0.1, 0.15) is 32.3 Å². The van der Waals surface area contributed by atoms with Crippen molar-refractivity contribution >= 4 is 73.9 Å². The van der Waals surface area contributed by atoms with Gasteiger partial charge in [-0.05, 0) is 37.1 Å². The van der Waals surface area contributed by atoms with Crippen molar-refractivity contribution in [2.24, 2.45) is 0 Å². The van der Waals surface area contributed by atoms with Crippen molar-refractivity contribution in [3.8, 4) is 0 Å². The number of nitrogens with zero attached hydrogens (tertiary/aromatic N) is 2. The lowest BCUT2D eigenvalue weighted by atomic mass is 10.1. The lowest BCUT2D eigenvalue weighted by Crippen LogP contribution is -2.51. The Labute approximate surface area is 226 Å². The summed E-state index contributed by atoms with van der Waals surface area (Å²) < 4.78 is 26.1. The molecule has 0 aromatic heterocycles. The van der Waals surface area contributed by atoms with Gasteiger partial charge in [0, 0.05) is 18.1 Å². The van der Waals surface area contributed by atoms with Gasteiger partial charge in [0.1, 0.15) is 12.6 Å². The van der Waals surface area contributed by atoms with Crippen molar-refractivity contribution in [1.82, 2.24) is 10.2 Å². The highest BCUT2D eigenvalue weighted by Gasteiger charge is 2.31. The number of benzene rings is 2. The van der Waals surface area contributed by atoms with E-state index in [1.165, 1.54) is 17.0 Å². The quantitative estimate of drug-likeness (QED) is 0.284. The van der Waals surface area contributed by atoms with E-state index in [1.54, 1.807) is 31.2 Å². The molecule has 1 N–H and O–H groups in total. The van der Waals surface area contributed by atoms with Gasteiger partial charge in [0.2, 0.25) is 21.8 Å². The van der Waals surface area contributed by atoms with Gasteiger partial charge in [-0.1, -0.05) is 77.9 Å². The Balaban J connectivity index is 2.43. The second kappa shape index (κ2) is 13.0. The molecule has 2 rings (SSSR count). The highest BCUT2D eigenvalue weighted by atomic mass is 35.5. The molecule has 0 bridgehead atoms. The molecule has 2 aromatic rings. The average Bonchev–Trinajstić information content (AvgIpc) is 2.78. The summed E-state index contributed by atoms with van der Waals surface area (Å²) in [7, 11) is -3.97. The third kappa shape index (κ3) is 8.15. The van der Waals surface area contributed by atoms with E-state index in [-0.39, 0.29) is 33.2 Å². The van der Waals surface area contributed by atoms with Crippen LogP contribution >= 0.6 is 46.4 Å². The summed E-state index contributed by atoms with van der Waals surface area (Å²) in [5.41, 5.74) is 0.601. The van der Waals surface area contributed by atoms with Crippen molar-refractivity contribution < 1.29 is 18.0 Å². The number of halogens is 4. The van der Waals surface area contributed by atoms with Crippen molar-refractivity contribution in [1.29, 1.82) is 0 Å². The Bertz CT molecular complexity index is 1180. The van der Waals surface area contributed by atoms with E-state index in [0.717, 1.165) is 23.4 Å². The molecule has 192 valence electrons. The maximum absolute atomic E-state index is 13.5. The molecule has 12 heteroatoms.